The van der Waals surface area contributed by atoms with Crippen molar-refractivity contribution in [2.45, 2.75) is 36.9 Å². The number of piperazine rings is 1. The number of aryl methyl sites for hydroxylation is 1. The number of likely N-dealkylation sites (N-methyl/N-ethyl adjacent to an activating group) is 1. The van der Waals surface area contributed by atoms with Crippen molar-refractivity contribution >= 4 is 16.9 Å². The van der Waals surface area contributed by atoms with Gasteiger partial charge in [0.25, 0.3) is 0 Å². The normalized spacial score (nSPS) is 27.6. The summed E-state index contributed by atoms with van der Waals surface area (Å²) in [5, 5.41) is 33.7. The van der Waals surface area contributed by atoms with Gasteiger partial charge in [-0.3, -0.25) is 0 Å². The third-order valence-corrected chi connectivity index (χ3v) is 9.99. The van der Waals surface area contributed by atoms with E-state index in [4.69, 9.17) is 4.74 Å². The molecular formula is C28H41N3O5S. The molecule has 2 unspecified atom stereocenters. The predicted molar refractivity (Wildman–Crippen MR) is 149 cm³/mol. The number of hydrogen-bond acceptors (Lipinski definition) is 6. The van der Waals surface area contributed by atoms with Crippen LogP contribution < -0.4 is 10.1 Å². The zero-order valence-electron chi connectivity index (χ0n) is 22.0. The molecule has 0 saturated carbocycles. The summed E-state index contributed by atoms with van der Waals surface area (Å²) in [6.45, 7) is 6.24. The van der Waals surface area contributed by atoms with Crippen LogP contribution in [0.15, 0.2) is 42.5 Å². The molecule has 0 spiro atoms. The molecule has 4 rings (SSSR count). The molecule has 2 fully saturated rings. The second-order valence-electron chi connectivity index (χ2n) is 10.3. The summed E-state index contributed by atoms with van der Waals surface area (Å²) in [5.41, 5.74) is 4.51. The molecule has 0 bridgehead atoms. The maximum absolute atomic E-state index is 12.3. The monoisotopic (exact) mass is 531 g/mol. The Morgan fingerprint density at radius 1 is 1.05 bits per heavy atom. The maximum atomic E-state index is 12.3. The van der Waals surface area contributed by atoms with Gasteiger partial charge in [-0.1, -0.05) is 30.3 Å². The van der Waals surface area contributed by atoms with Crippen LogP contribution in [0.25, 0.3) is 0 Å². The van der Waals surface area contributed by atoms with Gasteiger partial charge in [0.1, 0.15) is 18.5 Å². The second kappa shape index (κ2) is 12.5. The molecule has 2 amide bonds. The Labute approximate surface area is 222 Å². The Morgan fingerprint density at radius 2 is 1.76 bits per heavy atom. The standard InChI is InChI=1S/C28H41N3O5S/c1-19-4-7-21(27-26(34)25(33)24(32)18-37(27)3)17-22(19)16-20-5-8-23(9-6-20)36-15-10-29-28(35)31-13-11-30(2)12-14-31/h4-9,17,24-27,32-34,37H,10-16,18H2,1-3H3,(H,29,35)/t24-,25-,26-,27?/m1/s1. The summed E-state index contributed by atoms with van der Waals surface area (Å²) in [5.74, 6) is 1.29. The van der Waals surface area contributed by atoms with Gasteiger partial charge in [-0.2, -0.15) is 0 Å². The van der Waals surface area contributed by atoms with E-state index in [2.05, 4.69) is 42.6 Å². The lowest BCUT2D eigenvalue weighted by atomic mass is 9.94. The maximum Gasteiger partial charge on any atom is 0.317 e. The highest BCUT2D eigenvalue weighted by atomic mass is 32.2. The largest absolute Gasteiger partial charge is 0.492 e. The average Bonchev–Trinajstić information content (AvgIpc) is 2.88. The SMILES string of the molecule is Cc1ccc(C2[C@H](O)[C@H](O)[C@H](O)C[SH]2C)cc1Cc1ccc(OCCNC(=O)N2CCN(C)CC2)cc1. The predicted octanol–water partition coefficient (Wildman–Crippen LogP) is 1.69. The van der Waals surface area contributed by atoms with Crippen LogP contribution in [-0.2, 0) is 6.42 Å². The summed E-state index contributed by atoms with van der Waals surface area (Å²) < 4.78 is 5.82. The molecule has 2 aliphatic rings. The van der Waals surface area contributed by atoms with Crippen molar-refractivity contribution < 1.29 is 24.9 Å². The molecule has 9 heteroatoms. The van der Waals surface area contributed by atoms with Crippen molar-refractivity contribution in [1.82, 2.24) is 15.1 Å². The quantitative estimate of drug-likeness (QED) is 0.275. The Hall–Kier alpha value is -2.30. The van der Waals surface area contributed by atoms with E-state index >= 15 is 0 Å². The Balaban J connectivity index is 1.29. The highest BCUT2D eigenvalue weighted by Gasteiger charge is 2.40. The zero-order valence-corrected chi connectivity index (χ0v) is 22.9. The number of carbonyl (C=O) groups excluding carboxylic acids is 1. The van der Waals surface area contributed by atoms with Crippen LogP contribution >= 0.6 is 10.9 Å². The average molecular weight is 532 g/mol. The molecule has 5 atom stereocenters. The van der Waals surface area contributed by atoms with E-state index in [1.807, 2.05) is 35.2 Å². The molecule has 37 heavy (non-hydrogen) atoms. The summed E-state index contributed by atoms with van der Waals surface area (Å²) in [7, 11) is 1.42. The van der Waals surface area contributed by atoms with Crippen LogP contribution in [-0.4, -0.2) is 108 Å². The van der Waals surface area contributed by atoms with Crippen molar-refractivity contribution in [1.29, 1.82) is 0 Å². The molecule has 2 saturated heterocycles. The van der Waals surface area contributed by atoms with Crippen LogP contribution in [0.3, 0.4) is 0 Å². The van der Waals surface area contributed by atoms with Crippen molar-refractivity contribution in [3.8, 4) is 5.75 Å². The molecular weight excluding hydrogens is 490 g/mol. The number of urea groups is 1. The number of hydrogen-bond donors (Lipinski definition) is 5. The number of rotatable bonds is 7. The van der Waals surface area contributed by atoms with Crippen LogP contribution in [0.5, 0.6) is 5.75 Å². The third kappa shape index (κ3) is 6.97. The Bertz CT molecular complexity index is 1040. The third-order valence-electron chi connectivity index (χ3n) is 7.49. The van der Waals surface area contributed by atoms with Gasteiger partial charge in [0.15, 0.2) is 0 Å². The minimum Gasteiger partial charge on any atom is -0.492 e. The topological polar surface area (TPSA) is 106 Å². The van der Waals surface area contributed by atoms with E-state index in [-0.39, 0.29) is 11.3 Å². The molecule has 2 aliphatic heterocycles. The second-order valence-corrected chi connectivity index (χ2v) is 12.7. The van der Waals surface area contributed by atoms with Crippen LogP contribution in [0.2, 0.25) is 0 Å². The lowest BCUT2D eigenvalue weighted by Gasteiger charge is -2.42. The van der Waals surface area contributed by atoms with Crippen molar-refractivity contribution in [2.75, 3.05) is 58.4 Å². The smallest absolute Gasteiger partial charge is 0.317 e. The number of carbonyl (C=O) groups is 1. The zero-order chi connectivity index (χ0) is 26.5. The summed E-state index contributed by atoms with van der Waals surface area (Å²) in [6.07, 6.45) is -0.106. The first-order valence-corrected chi connectivity index (χ1v) is 15.0. The molecule has 4 N–H and O–H groups in total. The molecule has 2 heterocycles. The van der Waals surface area contributed by atoms with Crippen LogP contribution in [0, 0.1) is 6.92 Å². The van der Waals surface area contributed by atoms with Crippen molar-refractivity contribution in [3.05, 3.63) is 64.7 Å². The summed E-state index contributed by atoms with van der Waals surface area (Å²) >= 11 is 0. The number of nitrogens with one attached hydrogen (secondary N) is 1. The Morgan fingerprint density at radius 3 is 2.46 bits per heavy atom. The lowest BCUT2D eigenvalue weighted by molar-refractivity contribution is -0.0561. The van der Waals surface area contributed by atoms with Crippen LogP contribution in [0.4, 0.5) is 4.79 Å². The van der Waals surface area contributed by atoms with Gasteiger partial charge < -0.3 is 35.2 Å². The first kappa shape index (κ1) is 27.7. The van der Waals surface area contributed by atoms with Crippen LogP contribution in [0.1, 0.15) is 27.5 Å². The van der Waals surface area contributed by atoms with Gasteiger partial charge in [-0.05, 0) is 61.0 Å². The van der Waals surface area contributed by atoms with E-state index in [0.717, 1.165) is 49.5 Å². The molecule has 0 radical (unpaired) electrons. The number of benzene rings is 2. The van der Waals surface area contributed by atoms with Gasteiger partial charge in [-0.15, -0.1) is 0 Å². The molecule has 0 aromatic heterocycles. The van der Waals surface area contributed by atoms with Gasteiger partial charge in [-0.25, -0.2) is 15.7 Å². The van der Waals surface area contributed by atoms with E-state index in [9.17, 15) is 20.1 Å². The number of ether oxygens (including phenoxy) is 1. The number of nitrogens with zero attached hydrogens (tertiary/aromatic N) is 2. The van der Waals surface area contributed by atoms with E-state index in [1.54, 1.807) is 0 Å². The molecule has 2 aromatic carbocycles. The molecule has 8 nitrogen and oxygen atoms in total. The van der Waals surface area contributed by atoms with Gasteiger partial charge in [0, 0.05) is 37.2 Å². The van der Waals surface area contributed by atoms with Gasteiger partial charge in [0.2, 0.25) is 0 Å². The fraction of sp³-hybridized carbons (Fsp3) is 0.536. The highest BCUT2D eigenvalue weighted by Crippen LogP contribution is 2.48. The molecule has 2 aromatic rings. The van der Waals surface area contributed by atoms with E-state index in [0.29, 0.717) is 18.9 Å². The van der Waals surface area contributed by atoms with E-state index < -0.39 is 29.2 Å². The minimum atomic E-state index is -1.11. The van der Waals surface area contributed by atoms with Gasteiger partial charge in [0.05, 0.1) is 18.8 Å². The Kier molecular flexibility index (Phi) is 9.36. The number of thiol groups is 1. The molecule has 0 aliphatic carbocycles. The minimum absolute atomic E-state index is 0.0354. The van der Waals surface area contributed by atoms with Crippen molar-refractivity contribution in [3.63, 3.8) is 0 Å². The fourth-order valence-corrected chi connectivity index (χ4v) is 7.48. The number of aliphatic hydroxyl groups excluding tert-OH is 3. The van der Waals surface area contributed by atoms with Gasteiger partial charge >= 0.3 is 6.03 Å². The summed E-state index contributed by atoms with van der Waals surface area (Å²) in [6, 6.07) is 14.2. The van der Waals surface area contributed by atoms with E-state index in [1.165, 1.54) is 11.1 Å². The van der Waals surface area contributed by atoms with Crippen molar-refractivity contribution in [2.24, 2.45) is 0 Å². The summed E-state index contributed by atoms with van der Waals surface area (Å²) in [4.78, 5) is 16.3. The highest BCUT2D eigenvalue weighted by molar-refractivity contribution is 8.16. The first-order valence-electron chi connectivity index (χ1n) is 13.0. The fourth-order valence-electron chi connectivity index (χ4n) is 5.08. The number of amides is 2. The first-order chi connectivity index (χ1) is 17.7. The number of aliphatic hydroxyl groups is 3. The lowest BCUT2D eigenvalue weighted by Crippen LogP contribution is -2.51. The molecule has 204 valence electrons.